The number of carbonyl (C=O) groups excluding carboxylic acids is 1. The van der Waals surface area contributed by atoms with E-state index >= 15 is 0 Å². The minimum absolute atomic E-state index is 0.109. The van der Waals surface area contributed by atoms with E-state index < -0.39 is 0 Å². The molecule has 0 aliphatic heterocycles. The topological polar surface area (TPSA) is 54.3 Å². The first-order chi connectivity index (χ1) is 9.93. The van der Waals surface area contributed by atoms with Crippen LogP contribution in [-0.4, -0.2) is 28.2 Å². The number of hydrogen-bond acceptors (Lipinski definition) is 2. The van der Waals surface area contributed by atoms with E-state index in [4.69, 9.17) is 5.11 Å². The van der Waals surface area contributed by atoms with Gasteiger partial charge >= 0.3 is 0 Å². The molecule has 1 heterocycles. The van der Waals surface area contributed by atoms with E-state index in [9.17, 15) is 9.18 Å². The molecule has 2 rings (SSSR count). The highest BCUT2D eigenvalue weighted by Gasteiger charge is 2.17. The third-order valence-corrected chi connectivity index (χ3v) is 3.41. The van der Waals surface area contributed by atoms with E-state index in [1.54, 1.807) is 25.1 Å². The lowest BCUT2D eigenvalue weighted by Gasteiger charge is -2.12. The van der Waals surface area contributed by atoms with Crippen LogP contribution in [0.2, 0.25) is 0 Å². The molecule has 0 aliphatic rings. The van der Waals surface area contributed by atoms with Crippen LogP contribution in [0.4, 0.5) is 4.39 Å². The van der Waals surface area contributed by atoms with Gasteiger partial charge in [0.15, 0.2) is 0 Å². The molecule has 21 heavy (non-hydrogen) atoms. The number of aliphatic hydroxyl groups excluding tert-OH is 1. The lowest BCUT2D eigenvalue weighted by molar-refractivity contribution is 0.0921. The van der Waals surface area contributed by atoms with Gasteiger partial charge in [-0.25, -0.2) is 4.39 Å². The molecule has 4 nitrogen and oxygen atoms in total. The molecule has 0 radical (unpaired) electrons. The van der Waals surface area contributed by atoms with Crippen molar-refractivity contribution in [1.82, 2.24) is 9.88 Å². The fourth-order valence-corrected chi connectivity index (χ4v) is 2.33. The van der Waals surface area contributed by atoms with Crippen molar-refractivity contribution in [2.24, 2.45) is 0 Å². The van der Waals surface area contributed by atoms with Crippen molar-refractivity contribution < 1.29 is 14.3 Å². The molecular formula is C16H19FN2O2. The smallest absolute Gasteiger partial charge is 0.253 e. The molecule has 2 N–H and O–H groups in total. The third-order valence-electron chi connectivity index (χ3n) is 3.41. The van der Waals surface area contributed by atoms with Crippen LogP contribution in [0.1, 0.15) is 28.7 Å². The fraction of sp³-hybridized carbons (Fsp3) is 0.312. The molecule has 0 spiro atoms. The van der Waals surface area contributed by atoms with Crippen molar-refractivity contribution in [2.75, 3.05) is 6.61 Å². The monoisotopic (exact) mass is 290 g/mol. The van der Waals surface area contributed by atoms with Gasteiger partial charge in [-0.1, -0.05) is 0 Å². The van der Waals surface area contributed by atoms with Crippen molar-refractivity contribution >= 4 is 5.91 Å². The van der Waals surface area contributed by atoms with Crippen molar-refractivity contribution in [2.45, 2.75) is 26.8 Å². The molecular weight excluding hydrogens is 271 g/mol. The highest BCUT2D eigenvalue weighted by atomic mass is 19.1. The zero-order valence-corrected chi connectivity index (χ0v) is 12.4. The van der Waals surface area contributed by atoms with Gasteiger partial charge in [-0.05, 0) is 51.1 Å². The molecule has 5 heteroatoms. The van der Waals surface area contributed by atoms with Crippen molar-refractivity contribution in [3.63, 3.8) is 0 Å². The lowest BCUT2D eigenvalue weighted by Crippen LogP contribution is -2.35. The number of carbonyl (C=O) groups is 1. The van der Waals surface area contributed by atoms with Gasteiger partial charge in [-0.3, -0.25) is 4.79 Å². The highest BCUT2D eigenvalue weighted by Crippen LogP contribution is 2.21. The minimum atomic E-state index is -0.300. The van der Waals surface area contributed by atoms with Crippen LogP contribution in [-0.2, 0) is 0 Å². The standard InChI is InChI=1S/C16H19FN2O2/c1-10(9-20)18-16(21)15-8-11(2)19(12(15)3)14-6-4-13(17)5-7-14/h4-8,10,20H,9H2,1-3H3,(H,18,21)/t10-/m1/s1. The molecule has 0 fully saturated rings. The third kappa shape index (κ3) is 3.13. The Kier molecular flexibility index (Phi) is 4.43. The molecule has 1 aromatic heterocycles. The Morgan fingerprint density at radius 3 is 2.52 bits per heavy atom. The van der Waals surface area contributed by atoms with E-state index in [1.807, 2.05) is 18.4 Å². The number of benzene rings is 1. The molecule has 2 aromatic rings. The summed E-state index contributed by atoms with van der Waals surface area (Å²) >= 11 is 0. The maximum absolute atomic E-state index is 13.0. The molecule has 0 saturated carbocycles. The summed E-state index contributed by atoms with van der Waals surface area (Å²) in [6.07, 6.45) is 0. The van der Waals surface area contributed by atoms with Crippen LogP contribution in [0.5, 0.6) is 0 Å². The Morgan fingerprint density at radius 1 is 1.33 bits per heavy atom. The zero-order chi connectivity index (χ0) is 15.6. The average molecular weight is 290 g/mol. The summed E-state index contributed by atoms with van der Waals surface area (Å²) in [5.41, 5.74) is 3.03. The second-order valence-corrected chi connectivity index (χ2v) is 5.15. The lowest BCUT2D eigenvalue weighted by atomic mass is 10.2. The zero-order valence-electron chi connectivity index (χ0n) is 12.4. The summed E-state index contributed by atoms with van der Waals surface area (Å²) in [5, 5.41) is 11.7. The SMILES string of the molecule is Cc1cc(C(=O)N[C@H](C)CO)c(C)n1-c1ccc(F)cc1. The number of nitrogens with one attached hydrogen (secondary N) is 1. The normalized spacial score (nSPS) is 12.2. The van der Waals surface area contributed by atoms with Crippen molar-refractivity contribution in [3.05, 3.63) is 53.1 Å². The second kappa shape index (κ2) is 6.10. The maximum Gasteiger partial charge on any atom is 0.253 e. The molecule has 0 unspecified atom stereocenters. The number of rotatable bonds is 4. The molecule has 1 amide bonds. The van der Waals surface area contributed by atoms with Crippen LogP contribution in [0.15, 0.2) is 30.3 Å². The van der Waals surface area contributed by atoms with Crippen molar-refractivity contribution in [3.8, 4) is 5.69 Å². The Hall–Kier alpha value is -2.14. The van der Waals surface area contributed by atoms with Gasteiger partial charge in [-0.15, -0.1) is 0 Å². The van der Waals surface area contributed by atoms with E-state index in [1.165, 1.54) is 12.1 Å². The Balaban J connectivity index is 2.38. The molecule has 0 saturated heterocycles. The molecule has 0 aliphatic carbocycles. The van der Waals surface area contributed by atoms with Gasteiger partial charge in [0.2, 0.25) is 0 Å². The molecule has 1 atom stereocenters. The summed E-state index contributed by atoms with van der Waals surface area (Å²) < 4.78 is 14.9. The Morgan fingerprint density at radius 2 is 1.95 bits per heavy atom. The summed E-state index contributed by atoms with van der Waals surface area (Å²) in [5.74, 6) is -0.519. The predicted molar refractivity (Wildman–Crippen MR) is 79.2 cm³/mol. The van der Waals surface area contributed by atoms with Crippen LogP contribution in [0.25, 0.3) is 5.69 Å². The van der Waals surface area contributed by atoms with Crippen molar-refractivity contribution in [1.29, 1.82) is 0 Å². The van der Waals surface area contributed by atoms with Gasteiger partial charge in [0, 0.05) is 23.1 Å². The quantitative estimate of drug-likeness (QED) is 0.908. The number of hydrogen-bond donors (Lipinski definition) is 2. The summed E-state index contributed by atoms with van der Waals surface area (Å²) in [6, 6.07) is 7.62. The molecule has 1 aromatic carbocycles. The minimum Gasteiger partial charge on any atom is -0.394 e. The van der Waals surface area contributed by atoms with E-state index in [-0.39, 0.29) is 24.4 Å². The van der Waals surface area contributed by atoms with Gasteiger partial charge in [0.1, 0.15) is 5.82 Å². The summed E-state index contributed by atoms with van der Waals surface area (Å²) in [7, 11) is 0. The van der Waals surface area contributed by atoms with Gasteiger partial charge < -0.3 is 15.0 Å². The number of amides is 1. The van der Waals surface area contributed by atoms with Crippen LogP contribution < -0.4 is 5.32 Å². The summed E-state index contributed by atoms with van der Waals surface area (Å²) in [6.45, 7) is 5.36. The van der Waals surface area contributed by atoms with Crippen LogP contribution in [0.3, 0.4) is 0 Å². The number of aliphatic hydroxyl groups is 1. The first kappa shape index (κ1) is 15.3. The largest absolute Gasteiger partial charge is 0.394 e. The van der Waals surface area contributed by atoms with E-state index in [0.29, 0.717) is 5.56 Å². The number of aromatic nitrogens is 1. The first-order valence-electron chi connectivity index (χ1n) is 6.80. The fourth-order valence-electron chi connectivity index (χ4n) is 2.33. The van der Waals surface area contributed by atoms with E-state index in [2.05, 4.69) is 5.32 Å². The van der Waals surface area contributed by atoms with Gasteiger partial charge in [-0.2, -0.15) is 0 Å². The van der Waals surface area contributed by atoms with Gasteiger partial charge in [0.25, 0.3) is 5.91 Å². The number of nitrogens with zero attached hydrogens (tertiary/aromatic N) is 1. The second-order valence-electron chi connectivity index (χ2n) is 5.15. The number of aryl methyl sites for hydroxylation is 1. The predicted octanol–water partition coefficient (Wildman–Crippen LogP) is 2.34. The number of halogens is 1. The van der Waals surface area contributed by atoms with Crippen LogP contribution in [0, 0.1) is 19.7 Å². The molecule has 0 bridgehead atoms. The van der Waals surface area contributed by atoms with Crippen LogP contribution >= 0.6 is 0 Å². The van der Waals surface area contributed by atoms with E-state index in [0.717, 1.165) is 17.1 Å². The first-order valence-corrected chi connectivity index (χ1v) is 6.80. The summed E-state index contributed by atoms with van der Waals surface area (Å²) in [4.78, 5) is 12.2. The highest BCUT2D eigenvalue weighted by molar-refractivity contribution is 5.96. The van der Waals surface area contributed by atoms with Gasteiger partial charge in [0.05, 0.1) is 12.2 Å². The Labute approximate surface area is 123 Å². The average Bonchev–Trinajstić information content (AvgIpc) is 2.75. The Bertz CT molecular complexity index is 647. The maximum atomic E-state index is 13.0. The molecule has 112 valence electrons.